The minimum absolute atomic E-state index is 0.0531. The van der Waals surface area contributed by atoms with Crippen LogP contribution in [0.2, 0.25) is 0 Å². The summed E-state index contributed by atoms with van der Waals surface area (Å²) in [6, 6.07) is 15.2. The Hall–Kier alpha value is -5.24. The summed E-state index contributed by atoms with van der Waals surface area (Å²) in [5, 5.41) is 12.4. The summed E-state index contributed by atoms with van der Waals surface area (Å²) in [5.74, 6) is -0.591. The average Bonchev–Trinajstić information content (AvgIpc) is 2.98. The van der Waals surface area contributed by atoms with Crippen LogP contribution < -0.4 is 27.3 Å². The number of hydrogen-bond acceptors (Lipinski definition) is 12. The first-order chi connectivity index (χ1) is 21.9. The predicted molar refractivity (Wildman–Crippen MR) is 169 cm³/mol. The molecule has 18 heteroatoms. The van der Waals surface area contributed by atoms with E-state index in [1.54, 1.807) is 18.2 Å². The first kappa shape index (κ1) is 31.7. The maximum absolute atomic E-state index is 14.1. The Labute approximate surface area is 263 Å². The highest BCUT2D eigenvalue weighted by atomic mass is 32.2. The van der Waals surface area contributed by atoms with E-state index in [1.807, 2.05) is 0 Å². The fourth-order valence-electron chi connectivity index (χ4n) is 5.44. The van der Waals surface area contributed by atoms with Gasteiger partial charge >= 0.3 is 0 Å². The Morgan fingerprint density at radius 1 is 0.681 bits per heavy atom. The number of fused-ring (bicyclic) bond motifs is 2. The van der Waals surface area contributed by atoms with Crippen LogP contribution >= 0.6 is 0 Å². The van der Waals surface area contributed by atoms with Gasteiger partial charge in [0.25, 0.3) is 35.9 Å². The lowest BCUT2D eigenvalue weighted by Gasteiger charge is -2.17. The van der Waals surface area contributed by atoms with Crippen LogP contribution in [-0.4, -0.2) is 49.0 Å². The second-order valence-electron chi connectivity index (χ2n) is 10.2. The first-order valence-electron chi connectivity index (χ1n) is 13.0. The molecule has 0 aromatic heterocycles. The SMILES string of the molecule is Nc1cc(S(=O)(=O)O)c(Nc2cc(S(=O)(=O)O)c3nc(=O)c(=C(O)c4ccccc4)c4c5ccccc5c(=O)c2c3=4)cc1S(=O)(=O)O. The molecule has 1 aliphatic carbocycles. The van der Waals surface area contributed by atoms with Crippen LogP contribution in [0.3, 0.4) is 0 Å². The van der Waals surface area contributed by atoms with Crippen LogP contribution in [0.5, 0.6) is 0 Å². The zero-order valence-electron chi connectivity index (χ0n) is 23.2. The number of aliphatic hydroxyl groups excluding tert-OH is 1. The fourth-order valence-corrected chi connectivity index (χ4v) is 7.39. The van der Waals surface area contributed by atoms with E-state index in [4.69, 9.17) is 5.73 Å². The van der Waals surface area contributed by atoms with Gasteiger partial charge in [0.15, 0.2) is 5.43 Å². The van der Waals surface area contributed by atoms with Crippen LogP contribution in [0.25, 0.3) is 27.4 Å². The molecule has 0 saturated heterocycles. The number of anilines is 3. The van der Waals surface area contributed by atoms with Crippen LogP contribution in [-0.2, 0) is 30.4 Å². The number of benzene rings is 4. The highest BCUT2D eigenvalue weighted by molar-refractivity contribution is 7.86. The van der Waals surface area contributed by atoms with E-state index >= 15 is 0 Å². The summed E-state index contributed by atoms with van der Waals surface area (Å²) in [4.78, 5) is 28.4. The zero-order valence-corrected chi connectivity index (χ0v) is 25.7. The molecule has 15 nitrogen and oxygen atoms in total. The van der Waals surface area contributed by atoms with E-state index < -0.39 is 95.0 Å². The third-order valence-electron chi connectivity index (χ3n) is 7.36. The van der Waals surface area contributed by atoms with Gasteiger partial charge < -0.3 is 16.2 Å². The maximum Gasteiger partial charge on any atom is 0.296 e. The first-order valence-corrected chi connectivity index (χ1v) is 17.3. The molecule has 0 fully saturated rings. The van der Waals surface area contributed by atoms with Gasteiger partial charge in [-0.2, -0.15) is 25.3 Å². The van der Waals surface area contributed by atoms with Crippen molar-refractivity contribution in [1.29, 1.82) is 0 Å². The molecule has 4 aromatic carbocycles. The lowest BCUT2D eigenvalue weighted by Crippen LogP contribution is -2.33. The Morgan fingerprint density at radius 2 is 1.23 bits per heavy atom. The molecule has 0 amide bonds. The Kier molecular flexibility index (Phi) is 7.19. The summed E-state index contributed by atoms with van der Waals surface area (Å²) in [6.45, 7) is 0. The van der Waals surface area contributed by atoms with Crippen molar-refractivity contribution in [2.75, 3.05) is 11.1 Å². The standard InChI is InChI=1S/C29H19N3O12S3/c30-16-10-20(46(39,40)41)17(11-19(16)45(36,37)38)31-18-12-21(47(42,43)44)26-24-22(14-8-4-5-9-15(14)28(34)23(18)24)25(29(35)32-26)27(33)13-6-2-1-3-7-13/h1-12,31,33H,30H2,(H,36,37,38)(H,39,40,41)(H,42,43,44). The molecule has 0 unspecified atom stereocenters. The third-order valence-corrected chi connectivity index (χ3v) is 10.0. The van der Waals surface area contributed by atoms with Crippen molar-refractivity contribution in [3.63, 3.8) is 0 Å². The van der Waals surface area contributed by atoms with Gasteiger partial charge in [-0.15, -0.1) is 0 Å². The highest BCUT2D eigenvalue weighted by Gasteiger charge is 2.28. The molecule has 2 aliphatic rings. The lowest BCUT2D eigenvalue weighted by atomic mass is 9.96. The molecule has 0 atom stereocenters. The third kappa shape index (κ3) is 5.27. The number of hydrogen-bond donors (Lipinski definition) is 6. The topological polar surface area (TPSA) is 268 Å². The Bertz CT molecular complexity index is 2900. The van der Waals surface area contributed by atoms with E-state index in [2.05, 4.69) is 10.3 Å². The van der Waals surface area contributed by atoms with Gasteiger partial charge in [-0.3, -0.25) is 23.2 Å². The molecule has 240 valence electrons. The monoisotopic (exact) mass is 697 g/mol. The number of rotatable bonds is 6. The molecule has 1 heterocycles. The Morgan fingerprint density at radius 3 is 1.83 bits per heavy atom. The maximum atomic E-state index is 14.1. The molecule has 47 heavy (non-hydrogen) atoms. The smallest absolute Gasteiger partial charge is 0.296 e. The van der Waals surface area contributed by atoms with Gasteiger partial charge in [-0.25, -0.2) is 4.98 Å². The van der Waals surface area contributed by atoms with Crippen molar-refractivity contribution in [1.82, 2.24) is 4.98 Å². The predicted octanol–water partition coefficient (Wildman–Crippen LogP) is 1.77. The van der Waals surface area contributed by atoms with Gasteiger partial charge in [-0.1, -0.05) is 54.6 Å². The van der Waals surface area contributed by atoms with E-state index in [-0.39, 0.29) is 26.8 Å². The number of nitrogen functional groups attached to an aromatic ring is 1. The minimum Gasteiger partial charge on any atom is -0.506 e. The molecule has 7 N–H and O–H groups in total. The van der Waals surface area contributed by atoms with E-state index in [1.165, 1.54) is 36.4 Å². The number of nitrogens with zero attached hydrogens (tertiary/aromatic N) is 1. The van der Waals surface area contributed by atoms with Crippen molar-refractivity contribution >= 4 is 74.9 Å². The van der Waals surface area contributed by atoms with Crippen LogP contribution in [0.1, 0.15) is 5.56 Å². The number of nitrogens with one attached hydrogen (secondary N) is 1. The van der Waals surface area contributed by atoms with Crippen LogP contribution in [0.15, 0.2) is 97.1 Å². The van der Waals surface area contributed by atoms with E-state index in [0.29, 0.717) is 18.2 Å². The minimum atomic E-state index is -5.28. The average molecular weight is 698 g/mol. The van der Waals surface area contributed by atoms with E-state index in [9.17, 15) is 53.6 Å². The van der Waals surface area contributed by atoms with Gasteiger partial charge in [-0.05, 0) is 23.6 Å². The fraction of sp³-hybridized carbons (Fsp3) is 0. The van der Waals surface area contributed by atoms with E-state index in [0.717, 1.165) is 0 Å². The second-order valence-corrected chi connectivity index (χ2v) is 14.4. The Balaban J connectivity index is 1.93. The van der Waals surface area contributed by atoms with Crippen molar-refractivity contribution < 1.29 is 44.0 Å². The number of aromatic nitrogens is 1. The molecule has 0 saturated carbocycles. The van der Waals surface area contributed by atoms with Crippen molar-refractivity contribution in [3.8, 4) is 0 Å². The van der Waals surface area contributed by atoms with Gasteiger partial charge in [0.1, 0.15) is 20.4 Å². The largest absolute Gasteiger partial charge is 0.506 e. The molecule has 0 spiro atoms. The normalized spacial score (nSPS) is 13.3. The van der Waals surface area contributed by atoms with Crippen molar-refractivity contribution in [3.05, 3.63) is 115 Å². The molecular formula is C29H19N3O12S3. The molecule has 4 aromatic rings. The molecular weight excluding hydrogens is 679 g/mol. The summed E-state index contributed by atoms with van der Waals surface area (Å²) in [5.41, 5.74) is 0.975. The van der Waals surface area contributed by atoms with Gasteiger partial charge in [0.2, 0.25) is 0 Å². The molecule has 0 bridgehead atoms. The van der Waals surface area contributed by atoms with Gasteiger partial charge in [0.05, 0.1) is 33.2 Å². The summed E-state index contributed by atoms with van der Waals surface area (Å²) in [7, 11) is -15.6. The molecule has 6 rings (SSSR count). The van der Waals surface area contributed by atoms with Gasteiger partial charge in [0, 0.05) is 21.4 Å². The zero-order chi connectivity index (χ0) is 34.2. The number of aliphatic hydroxyl groups is 1. The van der Waals surface area contributed by atoms with Crippen molar-refractivity contribution in [2.45, 2.75) is 14.7 Å². The summed E-state index contributed by atoms with van der Waals surface area (Å²) in [6.07, 6.45) is 0. The molecule has 0 radical (unpaired) electrons. The van der Waals surface area contributed by atoms with Crippen LogP contribution in [0, 0.1) is 10.4 Å². The van der Waals surface area contributed by atoms with Crippen LogP contribution in [0.4, 0.5) is 17.1 Å². The number of nitrogens with two attached hydrogens (primary N) is 1. The summed E-state index contributed by atoms with van der Waals surface area (Å²) >= 11 is 0. The second kappa shape index (κ2) is 10.7. The summed E-state index contributed by atoms with van der Waals surface area (Å²) < 4.78 is 104. The quantitative estimate of drug-likeness (QED) is 0.107. The lowest BCUT2D eigenvalue weighted by molar-refractivity contribution is 0.479. The van der Waals surface area contributed by atoms with Crippen molar-refractivity contribution in [2.24, 2.45) is 0 Å². The highest BCUT2D eigenvalue weighted by Crippen LogP contribution is 2.36. The molecule has 1 aliphatic heterocycles.